The number of phenolic OH excluding ortho intramolecular Hbond substituents is 1. The van der Waals surface area contributed by atoms with Crippen molar-refractivity contribution in [3.8, 4) is 23.1 Å². The summed E-state index contributed by atoms with van der Waals surface area (Å²) in [6.45, 7) is 0. The molecule has 2 rings (SSSR count). The molecule has 0 fully saturated rings. The fourth-order valence-electron chi connectivity index (χ4n) is 1.53. The van der Waals surface area contributed by atoms with Crippen LogP contribution in [0.2, 0.25) is 0 Å². The van der Waals surface area contributed by atoms with Crippen LogP contribution in [0.1, 0.15) is 5.56 Å². The minimum Gasteiger partial charge on any atom is -0.504 e. The van der Waals surface area contributed by atoms with Gasteiger partial charge in [-0.25, -0.2) is 9.37 Å². The van der Waals surface area contributed by atoms with Gasteiger partial charge in [0, 0.05) is 5.56 Å². The van der Waals surface area contributed by atoms with E-state index in [2.05, 4.69) is 9.97 Å². The molecule has 1 heterocycles. The second-order valence-corrected chi connectivity index (χ2v) is 4.72. The molecular weight excluding hydrogens is 364 g/mol. The lowest BCUT2D eigenvalue weighted by Gasteiger charge is -2.09. The lowest BCUT2D eigenvalue weighted by atomic mass is 10.1. The van der Waals surface area contributed by atoms with Crippen LogP contribution < -0.4 is 11.5 Å². The average Bonchev–Trinajstić information content (AvgIpc) is 2.35. The Labute approximate surface area is 121 Å². The highest BCUT2D eigenvalue weighted by atomic mass is 127. The summed E-state index contributed by atoms with van der Waals surface area (Å²) in [6.07, 6.45) is 0. The van der Waals surface area contributed by atoms with Gasteiger partial charge in [-0.05, 0) is 34.7 Å². The Bertz CT molecular complexity index is 713. The van der Waals surface area contributed by atoms with Gasteiger partial charge in [0.1, 0.15) is 17.5 Å². The second-order valence-electron chi connectivity index (χ2n) is 3.56. The summed E-state index contributed by atoms with van der Waals surface area (Å²) >= 11 is 1.74. The first-order valence-electron chi connectivity index (χ1n) is 4.96. The smallest absolute Gasteiger partial charge is 0.222 e. The first-order valence-corrected chi connectivity index (χ1v) is 6.04. The van der Waals surface area contributed by atoms with Gasteiger partial charge < -0.3 is 16.6 Å². The Balaban J connectivity index is 2.80. The third-order valence-corrected chi connectivity index (χ3v) is 3.22. The topological polar surface area (TPSA) is 122 Å². The molecule has 0 atom stereocenters. The molecule has 0 aliphatic rings. The van der Waals surface area contributed by atoms with Crippen molar-refractivity contribution in [2.75, 3.05) is 11.5 Å². The Morgan fingerprint density at radius 1 is 1.32 bits per heavy atom. The number of benzene rings is 1. The van der Waals surface area contributed by atoms with Gasteiger partial charge in [0.25, 0.3) is 0 Å². The Morgan fingerprint density at radius 3 is 2.63 bits per heavy atom. The van der Waals surface area contributed by atoms with E-state index in [1.165, 1.54) is 12.1 Å². The van der Waals surface area contributed by atoms with Crippen molar-refractivity contribution < 1.29 is 9.50 Å². The van der Waals surface area contributed by atoms with Crippen LogP contribution in [0.4, 0.5) is 16.2 Å². The van der Waals surface area contributed by atoms with Crippen molar-refractivity contribution >= 4 is 34.4 Å². The fourth-order valence-corrected chi connectivity index (χ4v) is 1.97. The standard InChI is InChI=1S/C11H7FIN5O/c12-7-6(13)2-1-4(9(7)19)8-5(3-14)10(15)18-11(16)17-8/h1-2,19H,(H4,15,16,17,18). The SMILES string of the molecule is N#Cc1c(N)nc(N)nc1-c1ccc(I)c(F)c1O. The molecule has 0 amide bonds. The van der Waals surface area contributed by atoms with E-state index in [0.29, 0.717) is 0 Å². The normalized spacial score (nSPS) is 10.2. The maximum Gasteiger partial charge on any atom is 0.222 e. The number of aromatic nitrogens is 2. The van der Waals surface area contributed by atoms with Gasteiger partial charge in [0.2, 0.25) is 5.95 Å². The molecule has 6 nitrogen and oxygen atoms in total. The highest BCUT2D eigenvalue weighted by molar-refractivity contribution is 14.1. The Kier molecular flexibility index (Phi) is 3.39. The molecule has 0 radical (unpaired) electrons. The number of nitrogens with zero attached hydrogens (tertiary/aromatic N) is 3. The summed E-state index contributed by atoms with van der Waals surface area (Å²) < 4.78 is 13.9. The number of nitrogen functional groups attached to an aromatic ring is 2. The number of aromatic hydroxyl groups is 1. The molecule has 0 saturated carbocycles. The van der Waals surface area contributed by atoms with Gasteiger partial charge in [-0.1, -0.05) is 0 Å². The van der Waals surface area contributed by atoms with Gasteiger partial charge in [-0.2, -0.15) is 10.2 Å². The molecule has 96 valence electrons. The van der Waals surface area contributed by atoms with Gasteiger partial charge in [0.15, 0.2) is 11.6 Å². The van der Waals surface area contributed by atoms with E-state index in [0.717, 1.165) is 0 Å². The number of nitriles is 1. The monoisotopic (exact) mass is 371 g/mol. The zero-order valence-electron chi connectivity index (χ0n) is 9.35. The fraction of sp³-hybridized carbons (Fsp3) is 0. The molecule has 0 aliphatic carbocycles. The van der Waals surface area contributed by atoms with Crippen LogP contribution in [0.25, 0.3) is 11.3 Å². The van der Waals surface area contributed by atoms with E-state index in [1.807, 2.05) is 6.07 Å². The van der Waals surface area contributed by atoms with E-state index in [4.69, 9.17) is 16.7 Å². The van der Waals surface area contributed by atoms with E-state index in [-0.39, 0.29) is 32.2 Å². The molecule has 1 aromatic heterocycles. The summed E-state index contributed by atoms with van der Waals surface area (Å²) in [6, 6.07) is 4.69. The number of phenols is 1. The number of anilines is 2. The molecule has 8 heteroatoms. The van der Waals surface area contributed by atoms with E-state index in [9.17, 15) is 9.50 Å². The van der Waals surface area contributed by atoms with Crippen LogP contribution in [-0.2, 0) is 0 Å². The van der Waals surface area contributed by atoms with Crippen LogP contribution in [0, 0.1) is 20.7 Å². The lowest BCUT2D eigenvalue weighted by Crippen LogP contribution is -2.05. The Morgan fingerprint density at radius 2 is 2.00 bits per heavy atom. The second kappa shape index (κ2) is 4.85. The number of nitrogens with two attached hydrogens (primary N) is 2. The average molecular weight is 371 g/mol. The van der Waals surface area contributed by atoms with Gasteiger partial charge in [-0.3, -0.25) is 0 Å². The predicted molar refractivity (Wildman–Crippen MR) is 75.3 cm³/mol. The molecule has 0 saturated heterocycles. The number of hydrogen-bond donors (Lipinski definition) is 3. The molecule has 0 bridgehead atoms. The summed E-state index contributed by atoms with van der Waals surface area (Å²) in [5, 5.41) is 18.8. The van der Waals surface area contributed by atoms with Crippen LogP contribution in [0.5, 0.6) is 5.75 Å². The molecule has 0 aliphatic heterocycles. The predicted octanol–water partition coefficient (Wildman–Crippen LogP) is 1.63. The van der Waals surface area contributed by atoms with Crippen LogP contribution >= 0.6 is 22.6 Å². The molecule has 1 aromatic carbocycles. The molecule has 2 aromatic rings. The molecule has 0 spiro atoms. The van der Waals surface area contributed by atoms with Crippen molar-refractivity contribution in [1.82, 2.24) is 9.97 Å². The lowest BCUT2D eigenvalue weighted by molar-refractivity contribution is 0.432. The molecule has 0 unspecified atom stereocenters. The summed E-state index contributed by atoms with van der Waals surface area (Å²) in [5.41, 5.74) is 11.0. The number of hydrogen-bond acceptors (Lipinski definition) is 6. The van der Waals surface area contributed by atoms with E-state index < -0.39 is 11.6 Å². The van der Waals surface area contributed by atoms with Crippen molar-refractivity contribution in [3.05, 3.63) is 27.1 Å². The first kappa shape index (κ1) is 13.3. The van der Waals surface area contributed by atoms with Gasteiger partial charge >= 0.3 is 0 Å². The molecule has 19 heavy (non-hydrogen) atoms. The van der Waals surface area contributed by atoms with Gasteiger partial charge in [-0.15, -0.1) is 0 Å². The minimum atomic E-state index is -0.794. The van der Waals surface area contributed by atoms with Crippen molar-refractivity contribution in [2.45, 2.75) is 0 Å². The van der Waals surface area contributed by atoms with Gasteiger partial charge in [0.05, 0.1) is 9.26 Å². The number of rotatable bonds is 1. The van der Waals surface area contributed by atoms with E-state index >= 15 is 0 Å². The van der Waals surface area contributed by atoms with Crippen molar-refractivity contribution in [2.24, 2.45) is 0 Å². The van der Waals surface area contributed by atoms with Crippen LogP contribution in [-0.4, -0.2) is 15.1 Å². The van der Waals surface area contributed by atoms with Crippen LogP contribution in [0.15, 0.2) is 12.1 Å². The minimum absolute atomic E-state index is 0.000278. The summed E-state index contributed by atoms with van der Waals surface area (Å²) in [5.74, 6) is -1.69. The maximum atomic E-state index is 13.7. The summed E-state index contributed by atoms with van der Waals surface area (Å²) in [7, 11) is 0. The quantitative estimate of drug-likeness (QED) is 0.655. The molecular formula is C11H7FIN5O. The number of halogens is 2. The van der Waals surface area contributed by atoms with Crippen molar-refractivity contribution in [3.63, 3.8) is 0 Å². The summed E-state index contributed by atoms with van der Waals surface area (Å²) in [4.78, 5) is 7.49. The first-order chi connectivity index (χ1) is 8.95. The molecule has 5 N–H and O–H groups in total. The van der Waals surface area contributed by atoms with Crippen LogP contribution in [0.3, 0.4) is 0 Å². The zero-order valence-corrected chi connectivity index (χ0v) is 11.5. The van der Waals surface area contributed by atoms with E-state index in [1.54, 1.807) is 22.6 Å². The highest BCUT2D eigenvalue weighted by Crippen LogP contribution is 2.35. The third-order valence-electron chi connectivity index (χ3n) is 2.39. The van der Waals surface area contributed by atoms with Crippen molar-refractivity contribution in [1.29, 1.82) is 5.26 Å². The third kappa shape index (κ3) is 2.24. The Hall–Kier alpha value is -2.15. The largest absolute Gasteiger partial charge is 0.504 e. The zero-order chi connectivity index (χ0) is 14.2. The highest BCUT2D eigenvalue weighted by Gasteiger charge is 2.19. The maximum absolute atomic E-state index is 13.7.